The van der Waals surface area contributed by atoms with Gasteiger partial charge in [0.2, 0.25) is 11.8 Å². The van der Waals surface area contributed by atoms with E-state index in [0.29, 0.717) is 11.4 Å². The molecule has 0 aliphatic carbocycles. The summed E-state index contributed by atoms with van der Waals surface area (Å²) >= 11 is 0. The Kier molecular flexibility index (Phi) is 6.50. The highest BCUT2D eigenvalue weighted by Crippen LogP contribution is 2.15. The van der Waals surface area contributed by atoms with Crippen molar-refractivity contribution in [2.45, 2.75) is 13.0 Å². The summed E-state index contributed by atoms with van der Waals surface area (Å²) in [7, 11) is 0. The first-order valence-corrected chi connectivity index (χ1v) is 7.95. The maximum Gasteiger partial charge on any atom is 0.316 e. The lowest BCUT2D eigenvalue weighted by Gasteiger charge is -2.13. The Labute approximate surface area is 151 Å². The van der Waals surface area contributed by atoms with E-state index in [0.717, 1.165) is 5.56 Å². The summed E-state index contributed by atoms with van der Waals surface area (Å²) in [5.74, 6) is -0.761. The molecule has 0 heterocycles. The Morgan fingerprint density at radius 2 is 1.62 bits per heavy atom. The number of amides is 4. The molecule has 2 aromatic rings. The van der Waals surface area contributed by atoms with Crippen molar-refractivity contribution >= 4 is 35.3 Å². The first-order chi connectivity index (χ1) is 12.4. The van der Waals surface area contributed by atoms with Crippen LogP contribution < -0.4 is 21.7 Å². The number of anilines is 2. The molecule has 0 bridgehead atoms. The highest BCUT2D eigenvalue weighted by molar-refractivity contribution is 6.00. The Morgan fingerprint density at radius 3 is 2.27 bits per heavy atom. The van der Waals surface area contributed by atoms with Gasteiger partial charge in [-0.2, -0.15) is 0 Å². The number of hydrogen-bond donors (Lipinski definition) is 4. The average Bonchev–Trinajstić information content (AvgIpc) is 2.60. The van der Waals surface area contributed by atoms with Gasteiger partial charge in [-0.25, -0.2) is 4.79 Å². The molecule has 7 nitrogen and oxygen atoms in total. The van der Waals surface area contributed by atoms with Gasteiger partial charge in [0, 0.05) is 17.5 Å². The largest absolute Gasteiger partial charge is 0.351 e. The number of rotatable bonds is 6. The zero-order valence-corrected chi connectivity index (χ0v) is 14.2. The van der Waals surface area contributed by atoms with Crippen LogP contribution in [0, 0.1) is 0 Å². The molecule has 0 aliphatic rings. The van der Waals surface area contributed by atoms with Crippen LogP contribution in [0.5, 0.6) is 0 Å². The number of primary amides is 1. The number of carbonyl (C=O) groups excluding carboxylic acids is 3. The lowest BCUT2D eigenvalue weighted by atomic mass is 10.2. The number of nitrogens with one attached hydrogen (secondary N) is 3. The second kappa shape index (κ2) is 9.03. The monoisotopic (exact) mass is 352 g/mol. The summed E-state index contributed by atoms with van der Waals surface area (Å²) in [6.07, 6.45) is 3.04. The Morgan fingerprint density at radius 1 is 0.962 bits per heavy atom. The number of urea groups is 1. The van der Waals surface area contributed by atoms with Crippen molar-refractivity contribution in [1.82, 2.24) is 5.32 Å². The Balaban J connectivity index is 1.90. The van der Waals surface area contributed by atoms with Crippen molar-refractivity contribution < 1.29 is 14.4 Å². The second-order valence-electron chi connectivity index (χ2n) is 5.53. The van der Waals surface area contributed by atoms with Crippen LogP contribution >= 0.6 is 0 Å². The van der Waals surface area contributed by atoms with Gasteiger partial charge in [-0.3, -0.25) is 9.59 Å². The van der Waals surface area contributed by atoms with Crippen molar-refractivity contribution in [1.29, 1.82) is 0 Å². The molecule has 2 aromatic carbocycles. The molecule has 26 heavy (non-hydrogen) atoms. The van der Waals surface area contributed by atoms with Gasteiger partial charge in [0.15, 0.2) is 0 Å². The molecular weight excluding hydrogens is 332 g/mol. The van der Waals surface area contributed by atoms with E-state index in [9.17, 15) is 14.4 Å². The lowest BCUT2D eigenvalue weighted by molar-refractivity contribution is -0.123. The van der Waals surface area contributed by atoms with Crippen LogP contribution in [0.25, 0.3) is 6.08 Å². The smallest absolute Gasteiger partial charge is 0.316 e. The summed E-state index contributed by atoms with van der Waals surface area (Å²) in [4.78, 5) is 35.0. The van der Waals surface area contributed by atoms with Gasteiger partial charge in [0.25, 0.3) is 0 Å². The van der Waals surface area contributed by atoms with E-state index in [4.69, 9.17) is 5.73 Å². The average molecular weight is 352 g/mol. The van der Waals surface area contributed by atoms with Gasteiger partial charge in [-0.05, 0) is 36.8 Å². The molecule has 0 radical (unpaired) electrons. The van der Waals surface area contributed by atoms with Crippen molar-refractivity contribution in [2.75, 3.05) is 10.6 Å². The third-order valence-corrected chi connectivity index (χ3v) is 3.38. The highest BCUT2D eigenvalue weighted by atomic mass is 16.2. The molecule has 0 saturated carbocycles. The minimum atomic E-state index is -0.740. The topological polar surface area (TPSA) is 113 Å². The molecule has 4 amide bonds. The molecule has 0 fully saturated rings. The number of benzene rings is 2. The maximum absolute atomic E-state index is 12.2. The van der Waals surface area contributed by atoms with E-state index in [1.807, 2.05) is 30.3 Å². The number of carbonyl (C=O) groups is 3. The molecule has 1 atom stereocenters. The predicted molar refractivity (Wildman–Crippen MR) is 101 cm³/mol. The van der Waals surface area contributed by atoms with E-state index in [1.165, 1.54) is 6.08 Å². The van der Waals surface area contributed by atoms with E-state index >= 15 is 0 Å². The molecule has 134 valence electrons. The molecule has 1 unspecified atom stereocenters. The van der Waals surface area contributed by atoms with Gasteiger partial charge in [-0.15, -0.1) is 0 Å². The maximum atomic E-state index is 12.2. The van der Waals surface area contributed by atoms with Gasteiger partial charge >= 0.3 is 6.03 Å². The van der Waals surface area contributed by atoms with Gasteiger partial charge < -0.3 is 21.7 Å². The first-order valence-electron chi connectivity index (χ1n) is 7.95. The minimum Gasteiger partial charge on any atom is -0.351 e. The van der Waals surface area contributed by atoms with Crippen LogP contribution in [0.3, 0.4) is 0 Å². The van der Waals surface area contributed by atoms with Crippen molar-refractivity contribution in [3.63, 3.8) is 0 Å². The fraction of sp³-hybridized carbons (Fsp3) is 0.105. The van der Waals surface area contributed by atoms with Crippen LogP contribution in [-0.4, -0.2) is 23.9 Å². The highest BCUT2D eigenvalue weighted by Gasteiger charge is 2.14. The third-order valence-electron chi connectivity index (χ3n) is 3.38. The van der Waals surface area contributed by atoms with Crippen molar-refractivity contribution in [3.8, 4) is 0 Å². The predicted octanol–water partition coefficient (Wildman–Crippen LogP) is 2.33. The molecule has 0 aromatic heterocycles. The normalized spacial score (nSPS) is 11.6. The van der Waals surface area contributed by atoms with Crippen molar-refractivity contribution in [2.24, 2.45) is 5.73 Å². The van der Waals surface area contributed by atoms with E-state index in [-0.39, 0.29) is 11.8 Å². The van der Waals surface area contributed by atoms with Crippen LogP contribution in [0.1, 0.15) is 12.5 Å². The lowest BCUT2D eigenvalue weighted by Crippen LogP contribution is -2.40. The molecular formula is C19H20N4O3. The SMILES string of the molecule is CC(NC(=O)/C=C/c1ccccc1)C(=O)Nc1cccc(NC(N)=O)c1. The van der Waals surface area contributed by atoms with E-state index < -0.39 is 12.1 Å². The van der Waals surface area contributed by atoms with Gasteiger partial charge in [0.05, 0.1) is 0 Å². The van der Waals surface area contributed by atoms with E-state index in [2.05, 4.69) is 16.0 Å². The number of nitrogens with two attached hydrogens (primary N) is 1. The first kappa shape index (κ1) is 18.7. The summed E-state index contributed by atoms with van der Waals surface area (Å²) in [5.41, 5.74) is 6.88. The van der Waals surface area contributed by atoms with Gasteiger partial charge in [0.1, 0.15) is 6.04 Å². The Hall–Kier alpha value is -3.61. The molecule has 2 rings (SSSR count). The fourth-order valence-electron chi connectivity index (χ4n) is 2.13. The van der Waals surface area contributed by atoms with E-state index in [1.54, 1.807) is 37.3 Å². The summed E-state index contributed by atoms with van der Waals surface area (Å²) in [5, 5.41) is 7.67. The zero-order valence-electron chi connectivity index (χ0n) is 14.2. The van der Waals surface area contributed by atoms with Gasteiger partial charge in [-0.1, -0.05) is 36.4 Å². The molecule has 5 N–H and O–H groups in total. The second-order valence-corrected chi connectivity index (χ2v) is 5.53. The van der Waals surface area contributed by atoms with Crippen molar-refractivity contribution in [3.05, 3.63) is 66.2 Å². The van der Waals surface area contributed by atoms with Crippen LogP contribution in [-0.2, 0) is 9.59 Å². The minimum absolute atomic E-state index is 0.374. The zero-order chi connectivity index (χ0) is 18.9. The van der Waals surface area contributed by atoms with Crippen LogP contribution in [0.15, 0.2) is 60.7 Å². The number of hydrogen-bond acceptors (Lipinski definition) is 3. The summed E-state index contributed by atoms with van der Waals surface area (Å²) < 4.78 is 0. The fourth-order valence-corrected chi connectivity index (χ4v) is 2.13. The summed E-state index contributed by atoms with van der Waals surface area (Å²) in [6, 6.07) is 14.4. The summed E-state index contributed by atoms with van der Waals surface area (Å²) in [6.45, 7) is 1.58. The Bertz CT molecular complexity index is 819. The molecule has 7 heteroatoms. The molecule has 0 spiro atoms. The molecule has 0 aliphatic heterocycles. The third kappa shape index (κ3) is 6.12. The standard InChI is InChI=1S/C19H20N4O3/c1-13(21-17(24)11-10-14-6-3-2-4-7-14)18(25)22-15-8-5-9-16(12-15)23-19(20)26/h2-13H,1H3,(H,21,24)(H,22,25)(H3,20,23,26)/b11-10+. The van der Waals surface area contributed by atoms with Crippen LogP contribution in [0.2, 0.25) is 0 Å². The molecule has 0 saturated heterocycles. The van der Waals surface area contributed by atoms with Crippen LogP contribution in [0.4, 0.5) is 16.2 Å². The quantitative estimate of drug-likeness (QED) is 0.598.